The fourth-order valence-corrected chi connectivity index (χ4v) is 2.99. The van der Waals surface area contributed by atoms with Gasteiger partial charge < -0.3 is 9.67 Å². The smallest absolute Gasteiger partial charge is 0.338 e. The molecule has 1 aromatic heterocycles. The standard InChI is InChI=1S/C15H13FN2O2/c16-11-5-9-3-4-12-14(8-1-2-8)17-7-18(12)13(9)6-10(11)15(19)20/h5-8H,1-4H2,(H,19,20). The van der Waals surface area contributed by atoms with E-state index in [1.807, 2.05) is 4.57 Å². The topological polar surface area (TPSA) is 55.1 Å². The molecule has 5 heteroatoms. The number of nitrogens with zero attached hydrogens (tertiary/aromatic N) is 2. The number of benzene rings is 1. The van der Waals surface area contributed by atoms with Crippen LogP contribution in [0.3, 0.4) is 0 Å². The molecular weight excluding hydrogens is 259 g/mol. The third-order valence-corrected chi connectivity index (χ3v) is 4.15. The highest BCUT2D eigenvalue weighted by molar-refractivity contribution is 5.89. The monoisotopic (exact) mass is 272 g/mol. The van der Waals surface area contributed by atoms with Crippen molar-refractivity contribution in [1.29, 1.82) is 0 Å². The van der Waals surface area contributed by atoms with E-state index in [0.29, 0.717) is 5.92 Å². The molecule has 1 aromatic carbocycles. The number of aryl methyl sites for hydroxylation is 1. The highest BCUT2D eigenvalue weighted by Crippen LogP contribution is 2.42. The molecule has 102 valence electrons. The first-order valence-corrected chi connectivity index (χ1v) is 6.77. The van der Waals surface area contributed by atoms with E-state index >= 15 is 0 Å². The van der Waals surface area contributed by atoms with E-state index in [4.69, 9.17) is 5.11 Å². The molecule has 20 heavy (non-hydrogen) atoms. The molecule has 1 N–H and O–H groups in total. The molecule has 0 atom stereocenters. The number of carboxylic acids is 1. The number of carboxylic acid groups (broad SMARTS) is 1. The molecule has 4 nitrogen and oxygen atoms in total. The number of fused-ring (bicyclic) bond motifs is 3. The van der Waals surface area contributed by atoms with E-state index in [1.165, 1.54) is 25.0 Å². The van der Waals surface area contributed by atoms with Crippen molar-refractivity contribution < 1.29 is 14.3 Å². The number of imidazole rings is 1. The average Bonchev–Trinajstić information content (AvgIpc) is 3.17. The van der Waals surface area contributed by atoms with Crippen molar-refractivity contribution in [2.45, 2.75) is 31.6 Å². The average molecular weight is 272 g/mol. The lowest BCUT2D eigenvalue weighted by molar-refractivity contribution is 0.0692. The van der Waals surface area contributed by atoms with Gasteiger partial charge in [-0.05, 0) is 43.4 Å². The van der Waals surface area contributed by atoms with Gasteiger partial charge in [0.05, 0.1) is 23.3 Å². The van der Waals surface area contributed by atoms with Gasteiger partial charge in [0.1, 0.15) is 5.82 Å². The number of aromatic nitrogens is 2. The van der Waals surface area contributed by atoms with Crippen molar-refractivity contribution in [1.82, 2.24) is 9.55 Å². The summed E-state index contributed by atoms with van der Waals surface area (Å²) in [7, 11) is 0. The van der Waals surface area contributed by atoms with Gasteiger partial charge >= 0.3 is 5.97 Å². The van der Waals surface area contributed by atoms with Crippen molar-refractivity contribution in [3.63, 3.8) is 0 Å². The summed E-state index contributed by atoms with van der Waals surface area (Å²) in [6, 6.07) is 2.77. The van der Waals surface area contributed by atoms with Crippen LogP contribution in [-0.4, -0.2) is 20.6 Å². The number of carbonyl (C=O) groups is 1. The van der Waals surface area contributed by atoms with Crippen molar-refractivity contribution in [3.8, 4) is 5.69 Å². The van der Waals surface area contributed by atoms with E-state index in [0.717, 1.165) is 35.5 Å². The predicted molar refractivity (Wildman–Crippen MR) is 69.9 cm³/mol. The van der Waals surface area contributed by atoms with Gasteiger partial charge in [-0.2, -0.15) is 0 Å². The van der Waals surface area contributed by atoms with Gasteiger partial charge in [0, 0.05) is 11.6 Å². The molecule has 0 bridgehead atoms. The molecule has 0 saturated heterocycles. The maximum absolute atomic E-state index is 13.7. The Bertz CT molecular complexity index is 732. The van der Waals surface area contributed by atoms with Gasteiger partial charge in [0.15, 0.2) is 0 Å². The second-order valence-corrected chi connectivity index (χ2v) is 5.49. The summed E-state index contributed by atoms with van der Waals surface area (Å²) in [5, 5.41) is 9.05. The maximum Gasteiger partial charge on any atom is 0.338 e. The Balaban J connectivity index is 1.90. The SMILES string of the molecule is O=C(O)c1cc2c(cc1F)CCc1c(C3CC3)ncn1-2. The maximum atomic E-state index is 13.7. The van der Waals surface area contributed by atoms with Crippen LogP contribution < -0.4 is 0 Å². The van der Waals surface area contributed by atoms with Crippen molar-refractivity contribution in [2.75, 3.05) is 0 Å². The van der Waals surface area contributed by atoms with E-state index in [2.05, 4.69) is 4.98 Å². The van der Waals surface area contributed by atoms with Gasteiger partial charge in [-0.25, -0.2) is 14.2 Å². The quantitative estimate of drug-likeness (QED) is 0.914. The lowest BCUT2D eigenvalue weighted by atomic mass is 9.97. The molecular formula is C15H13FN2O2. The Morgan fingerprint density at radius 1 is 1.35 bits per heavy atom. The summed E-state index contributed by atoms with van der Waals surface area (Å²) >= 11 is 0. The Labute approximate surface area is 114 Å². The lowest BCUT2D eigenvalue weighted by Crippen LogP contribution is -2.14. The largest absolute Gasteiger partial charge is 0.478 e. The Kier molecular flexibility index (Phi) is 2.28. The number of aromatic carboxylic acids is 1. The van der Waals surface area contributed by atoms with Crippen molar-refractivity contribution in [3.05, 3.63) is 46.8 Å². The minimum absolute atomic E-state index is 0.279. The number of rotatable bonds is 2. The fourth-order valence-electron chi connectivity index (χ4n) is 2.99. The zero-order chi connectivity index (χ0) is 13.9. The third kappa shape index (κ3) is 1.59. The summed E-state index contributed by atoms with van der Waals surface area (Å²) in [6.07, 6.45) is 5.67. The molecule has 1 fully saturated rings. The summed E-state index contributed by atoms with van der Waals surface area (Å²) in [5.41, 5.74) is 3.61. The highest BCUT2D eigenvalue weighted by Gasteiger charge is 2.31. The van der Waals surface area contributed by atoms with Gasteiger partial charge in [0.2, 0.25) is 0 Å². The Hall–Kier alpha value is -2.17. The van der Waals surface area contributed by atoms with Crippen molar-refractivity contribution >= 4 is 5.97 Å². The summed E-state index contributed by atoms with van der Waals surface area (Å²) in [5.74, 6) is -1.34. The summed E-state index contributed by atoms with van der Waals surface area (Å²) in [4.78, 5) is 15.6. The van der Waals surface area contributed by atoms with Crippen LogP contribution in [0.5, 0.6) is 0 Å². The van der Waals surface area contributed by atoms with Gasteiger partial charge in [-0.1, -0.05) is 0 Å². The lowest BCUT2D eigenvalue weighted by Gasteiger charge is -2.20. The number of hydrogen-bond donors (Lipinski definition) is 1. The molecule has 0 amide bonds. The Morgan fingerprint density at radius 2 is 2.15 bits per heavy atom. The fraction of sp³-hybridized carbons (Fsp3) is 0.333. The molecule has 4 rings (SSSR count). The van der Waals surface area contributed by atoms with Crippen LogP contribution in [0.1, 0.15) is 46.1 Å². The normalized spacial score (nSPS) is 16.6. The molecule has 1 aliphatic carbocycles. The van der Waals surface area contributed by atoms with Gasteiger partial charge in [0.25, 0.3) is 0 Å². The molecule has 0 spiro atoms. The molecule has 0 radical (unpaired) electrons. The zero-order valence-corrected chi connectivity index (χ0v) is 10.8. The summed E-state index contributed by atoms with van der Waals surface area (Å²) in [6.45, 7) is 0. The second kappa shape index (κ2) is 3.91. The first kappa shape index (κ1) is 11.6. The van der Waals surface area contributed by atoms with Crippen LogP contribution >= 0.6 is 0 Å². The Morgan fingerprint density at radius 3 is 2.85 bits per heavy atom. The predicted octanol–water partition coefficient (Wildman–Crippen LogP) is 2.69. The van der Waals surface area contributed by atoms with Crippen LogP contribution in [0.4, 0.5) is 4.39 Å². The molecule has 1 saturated carbocycles. The zero-order valence-electron chi connectivity index (χ0n) is 10.8. The highest BCUT2D eigenvalue weighted by atomic mass is 19.1. The number of hydrogen-bond acceptors (Lipinski definition) is 2. The third-order valence-electron chi connectivity index (χ3n) is 4.15. The van der Waals surface area contributed by atoms with Crippen LogP contribution in [-0.2, 0) is 12.8 Å². The first-order valence-electron chi connectivity index (χ1n) is 6.77. The molecule has 0 unspecified atom stereocenters. The first-order chi connectivity index (χ1) is 9.65. The van der Waals surface area contributed by atoms with E-state index < -0.39 is 11.8 Å². The van der Waals surface area contributed by atoms with Crippen LogP contribution in [0.15, 0.2) is 18.5 Å². The van der Waals surface area contributed by atoms with Gasteiger partial charge in [-0.15, -0.1) is 0 Å². The summed E-state index contributed by atoms with van der Waals surface area (Å²) < 4.78 is 15.7. The van der Waals surface area contributed by atoms with E-state index in [-0.39, 0.29) is 5.56 Å². The molecule has 1 aliphatic heterocycles. The van der Waals surface area contributed by atoms with E-state index in [9.17, 15) is 9.18 Å². The van der Waals surface area contributed by atoms with Crippen LogP contribution in [0.25, 0.3) is 5.69 Å². The number of halogens is 1. The molecule has 2 heterocycles. The van der Waals surface area contributed by atoms with Crippen LogP contribution in [0.2, 0.25) is 0 Å². The van der Waals surface area contributed by atoms with Gasteiger partial charge in [-0.3, -0.25) is 0 Å². The minimum Gasteiger partial charge on any atom is -0.478 e. The van der Waals surface area contributed by atoms with E-state index in [1.54, 1.807) is 6.33 Å². The second-order valence-electron chi connectivity index (χ2n) is 5.49. The van der Waals surface area contributed by atoms with Crippen LogP contribution in [0, 0.1) is 5.82 Å². The molecule has 2 aliphatic rings. The molecule has 2 aromatic rings. The van der Waals surface area contributed by atoms with Crippen molar-refractivity contribution in [2.24, 2.45) is 0 Å². The minimum atomic E-state index is -1.24.